The molecule has 0 spiro atoms. The zero-order valence-electron chi connectivity index (χ0n) is 14.1. The highest BCUT2D eigenvalue weighted by atomic mass is 32.2. The molecule has 0 aliphatic heterocycles. The van der Waals surface area contributed by atoms with Gasteiger partial charge in [0.1, 0.15) is 0 Å². The van der Waals surface area contributed by atoms with Crippen molar-refractivity contribution in [2.75, 3.05) is 19.6 Å². The summed E-state index contributed by atoms with van der Waals surface area (Å²) in [7, 11) is -3.61. The van der Waals surface area contributed by atoms with Crippen molar-refractivity contribution >= 4 is 15.9 Å². The third-order valence-electron chi connectivity index (χ3n) is 3.47. The Bertz CT molecular complexity index is 619. The Hall–Kier alpha value is -1.44. The van der Waals surface area contributed by atoms with Gasteiger partial charge in [-0.25, -0.2) is 13.1 Å². The van der Waals surface area contributed by atoms with Crippen LogP contribution in [0.25, 0.3) is 0 Å². The van der Waals surface area contributed by atoms with Crippen molar-refractivity contribution in [1.82, 2.24) is 10.0 Å². The molecule has 0 bridgehead atoms. The number of hydrogen-bond donors (Lipinski definition) is 3. The number of benzene rings is 1. The first-order chi connectivity index (χ1) is 10.8. The second-order valence-corrected chi connectivity index (χ2v) is 7.43. The summed E-state index contributed by atoms with van der Waals surface area (Å²) in [6.07, 6.45) is 1.81. The molecule has 0 atom stereocenters. The molecule has 1 aromatic rings. The number of rotatable bonds is 9. The molecule has 0 heterocycles. The highest BCUT2D eigenvalue weighted by molar-refractivity contribution is 7.89. The minimum Gasteiger partial charge on any atom is -0.356 e. The lowest BCUT2D eigenvalue weighted by Crippen LogP contribution is -2.32. The van der Waals surface area contributed by atoms with Gasteiger partial charge >= 0.3 is 0 Å². The molecule has 6 nitrogen and oxygen atoms in total. The highest BCUT2D eigenvalue weighted by Crippen LogP contribution is 2.21. The second kappa shape index (κ2) is 9.00. The van der Waals surface area contributed by atoms with Crippen molar-refractivity contribution < 1.29 is 13.2 Å². The summed E-state index contributed by atoms with van der Waals surface area (Å²) in [5, 5.41) is 2.74. The molecule has 0 fully saturated rings. The van der Waals surface area contributed by atoms with Crippen molar-refractivity contribution in [3.8, 4) is 0 Å². The molecular weight excluding hydrogens is 314 g/mol. The van der Waals surface area contributed by atoms with Gasteiger partial charge in [0.25, 0.3) is 0 Å². The number of amides is 1. The van der Waals surface area contributed by atoms with Crippen LogP contribution < -0.4 is 15.8 Å². The summed E-state index contributed by atoms with van der Waals surface area (Å²) in [5.74, 6) is -0.165. The van der Waals surface area contributed by atoms with Crippen LogP contribution in [0.5, 0.6) is 0 Å². The third kappa shape index (κ3) is 6.29. The molecule has 7 heteroatoms. The van der Waals surface area contributed by atoms with E-state index in [-0.39, 0.29) is 18.9 Å². The predicted molar refractivity (Wildman–Crippen MR) is 91.8 cm³/mol. The van der Waals surface area contributed by atoms with Gasteiger partial charge in [0, 0.05) is 19.5 Å². The van der Waals surface area contributed by atoms with Crippen molar-refractivity contribution in [3.63, 3.8) is 0 Å². The predicted octanol–water partition coefficient (Wildman–Crippen LogP) is 1.14. The van der Waals surface area contributed by atoms with E-state index in [1.807, 2.05) is 19.1 Å². The maximum atomic E-state index is 12.4. The van der Waals surface area contributed by atoms with Crippen molar-refractivity contribution in [2.45, 2.75) is 44.9 Å². The topological polar surface area (TPSA) is 101 Å². The van der Waals surface area contributed by atoms with Gasteiger partial charge in [-0.1, -0.05) is 17.7 Å². The van der Waals surface area contributed by atoms with E-state index in [1.54, 1.807) is 13.8 Å². The highest BCUT2D eigenvalue weighted by Gasteiger charge is 2.19. The second-order valence-electron chi connectivity index (χ2n) is 5.72. The van der Waals surface area contributed by atoms with E-state index in [0.29, 0.717) is 29.1 Å². The standard InChI is InChI=1S/C16H27N3O3S/c1-12-10-13(2)16(14(3)11-12)23(21,22)19-9-6-15(20)18-8-5-4-7-17/h10-11,19H,4-9,17H2,1-3H3,(H,18,20). The molecule has 4 N–H and O–H groups in total. The summed E-state index contributed by atoms with van der Waals surface area (Å²) < 4.78 is 27.3. The lowest BCUT2D eigenvalue weighted by Gasteiger charge is -2.13. The Morgan fingerprint density at radius 2 is 1.70 bits per heavy atom. The van der Waals surface area contributed by atoms with Gasteiger partial charge in [-0.3, -0.25) is 4.79 Å². The molecule has 0 aliphatic rings. The normalized spacial score (nSPS) is 11.5. The number of unbranched alkanes of at least 4 members (excludes halogenated alkanes) is 1. The number of carbonyl (C=O) groups excluding carboxylic acids is 1. The molecule has 0 radical (unpaired) electrons. The van der Waals surface area contributed by atoms with Gasteiger partial charge in [0.15, 0.2) is 0 Å². The third-order valence-corrected chi connectivity index (χ3v) is 5.24. The SMILES string of the molecule is Cc1cc(C)c(S(=O)(=O)NCCC(=O)NCCCCN)c(C)c1. The summed E-state index contributed by atoms with van der Waals surface area (Å²) >= 11 is 0. The first-order valence-corrected chi connectivity index (χ1v) is 9.30. The van der Waals surface area contributed by atoms with Crippen LogP contribution in [-0.2, 0) is 14.8 Å². The van der Waals surface area contributed by atoms with Crippen molar-refractivity contribution in [3.05, 3.63) is 28.8 Å². The fraction of sp³-hybridized carbons (Fsp3) is 0.562. The van der Waals surface area contributed by atoms with Crippen LogP contribution in [0.15, 0.2) is 17.0 Å². The van der Waals surface area contributed by atoms with E-state index in [1.165, 1.54) is 0 Å². The van der Waals surface area contributed by atoms with Gasteiger partial charge in [-0.15, -0.1) is 0 Å². The molecule has 0 saturated heterocycles. The van der Waals surface area contributed by atoms with Gasteiger partial charge in [-0.2, -0.15) is 0 Å². The Kier molecular flexibility index (Phi) is 7.67. The molecular formula is C16H27N3O3S. The Labute approximate surface area is 138 Å². The van der Waals surface area contributed by atoms with Gasteiger partial charge in [0.2, 0.25) is 15.9 Å². The molecule has 0 saturated carbocycles. The van der Waals surface area contributed by atoms with E-state index in [4.69, 9.17) is 5.73 Å². The van der Waals surface area contributed by atoms with Crippen LogP contribution in [0.3, 0.4) is 0 Å². The molecule has 0 unspecified atom stereocenters. The first kappa shape index (κ1) is 19.6. The zero-order chi connectivity index (χ0) is 17.5. The van der Waals surface area contributed by atoms with Crippen LogP contribution in [0.4, 0.5) is 0 Å². The minimum atomic E-state index is -3.61. The lowest BCUT2D eigenvalue weighted by atomic mass is 10.1. The van der Waals surface area contributed by atoms with Crippen LogP contribution >= 0.6 is 0 Å². The molecule has 130 valence electrons. The summed E-state index contributed by atoms with van der Waals surface area (Å²) in [5.41, 5.74) is 7.82. The smallest absolute Gasteiger partial charge is 0.241 e. The molecule has 1 aromatic carbocycles. The number of nitrogens with one attached hydrogen (secondary N) is 2. The molecule has 23 heavy (non-hydrogen) atoms. The zero-order valence-corrected chi connectivity index (χ0v) is 14.9. The van der Waals surface area contributed by atoms with Crippen LogP contribution in [0.1, 0.15) is 36.0 Å². The van der Waals surface area contributed by atoms with Crippen molar-refractivity contribution in [2.24, 2.45) is 5.73 Å². The summed E-state index contributed by atoms with van der Waals surface area (Å²) in [4.78, 5) is 11.9. The quantitative estimate of drug-likeness (QED) is 0.586. The Morgan fingerprint density at radius 3 is 2.26 bits per heavy atom. The van der Waals surface area contributed by atoms with E-state index in [9.17, 15) is 13.2 Å². The molecule has 1 amide bonds. The van der Waals surface area contributed by atoms with Gasteiger partial charge in [-0.05, 0) is 51.3 Å². The number of hydrogen-bond acceptors (Lipinski definition) is 4. The number of aryl methyl sites for hydroxylation is 3. The first-order valence-electron chi connectivity index (χ1n) is 7.82. The fourth-order valence-electron chi connectivity index (χ4n) is 2.55. The van der Waals surface area contributed by atoms with Crippen molar-refractivity contribution in [1.29, 1.82) is 0 Å². The lowest BCUT2D eigenvalue weighted by molar-refractivity contribution is -0.120. The minimum absolute atomic E-state index is 0.0812. The van der Waals surface area contributed by atoms with Gasteiger partial charge in [0.05, 0.1) is 4.90 Å². The maximum absolute atomic E-state index is 12.4. The van der Waals surface area contributed by atoms with Gasteiger partial charge < -0.3 is 11.1 Å². The molecule has 0 aliphatic carbocycles. The monoisotopic (exact) mass is 341 g/mol. The van der Waals surface area contributed by atoms with E-state index in [2.05, 4.69) is 10.0 Å². The van der Waals surface area contributed by atoms with Crippen LogP contribution in [0.2, 0.25) is 0 Å². The number of carbonyl (C=O) groups is 1. The maximum Gasteiger partial charge on any atom is 0.241 e. The largest absolute Gasteiger partial charge is 0.356 e. The van der Waals surface area contributed by atoms with E-state index >= 15 is 0 Å². The summed E-state index contributed by atoms with van der Waals surface area (Å²) in [6, 6.07) is 3.68. The Morgan fingerprint density at radius 1 is 1.09 bits per heavy atom. The summed E-state index contributed by atoms with van der Waals surface area (Å²) in [6.45, 7) is 6.73. The van der Waals surface area contributed by atoms with Crippen LogP contribution in [0, 0.1) is 20.8 Å². The fourth-order valence-corrected chi connectivity index (χ4v) is 4.03. The van der Waals surface area contributed by atoms with E-state index in [0.717, 1.165) is 18.4 Å². The average molecular weight is 341 g/mol. The number of nitrogens with two attached hydrogens (primary N) is 1. The van der Waals surface area contributed by atoms with E-state index < -0.39 is 10.0 Å². The average Bonchev–Trinajstić information content (AvgIpc) is 2.41. The Balaban J connectivity index is 2.56. The number of sulfonamides is 1. The molecule has 0 aromatic heterocycles. The van der Waals surface area contributed by atoms with Crippen LogP contribution in [-0.4, -0.2) is 34.0 Å². The molecule has 1 rings (SSSR count).